The number of aromatic nitrogens is 1. The highest BCUT2D eigenvalue weighted by molar-refractivity contribution is 5.99. The largest absolute Gasteiger partial charge is 0.418 e. The van der Waals surface area contributed by atoms with E-state index in [2.05, 4.69) is 5.16 Å². The predicted octanol–water partition coefficient (Wildman–Crippen LogP) is 3.74. The number of hydrogen-bond acceptors (Lipinski definition) is 4. The van der Waals surface area contributed by atoms with Crippen molar-refractivity contribution in [2.75, 3.05) is 18.4 Å². The van der Waals surface area contributed by atoms with Crippen LogP contribution in [0.1, 0.15) is 33.8 Å². The molecular formula is C17H16F4N4O3. The van der Waals surface area contributed by atoms with Gasteiger partial charge >= 0.3 is 12.2 Å². The van der Waals surface area contributed by atoms with E-state index in [9.17, 15) is 27.2 Å². The van der Waals surface area contributed by atoms with Gasteiger partial charge in [-0.05, 0) is 32.4 Å². The molecule has 0 saturated carbocycles. The van der Waals surface area contributed by atoms with Crippen molar-refractivity contribution in [2.24, 2.45) is 0 Å². The fourth-order valence-corrected chi connectivity index (χ4v) is 3.01. The fourth-order valence-electron chi connectivity index (χ4n) is 3.01. The number of benzene rings is 1. The molecule has 11 heteroatoms. The molecule has 3 rings (SSSR count). The molecule has 1 aromatic carbocycles. The number of nitrogens with one attached hydrogen (secondary N) is 1. The first kappa shape index (κ1) is 19.6. The normalized spacial score (nSPS) is 14.5. The van der Waals surface area contributed by atoms with Gasteiger partial charge in [0.25, 0.3) is 5.91 Å². The zero-order valence-corrected chi connectivity index (χ0v) is 14.9. The number of amides is 3. The van der Waals surface area contributed by atoms with Crippen LogP contribution >= 0.6 is 0 Å². The standard InChI is InChI=1S/C17H16F4N4O3/c1-9-13(10(2)28-23-9)15(26)24-7-4-8-25(24)16(27)22-14-11(17(19,20)21)5-3-6-12(14)18/h3,5-6H,4,7-8H2,1-2H3,(H,22,27). The number of urea groups is 1. The van der Waals surface area contributed by atoms with Crippen molar-refractivity contribution in [3.05, 3.63) is 46.6 Å². The number of hydrogen-bond donors (Lipinski definition) is 1. The molecule has 7 nitrogen and oxygen atoms in total. The van der Waals surface area contributed by atoms with Gasteiger partial charge in [0.2, 0.25) is 0 Å². The Bertz CT molecular complexity index is 906. The summed E-state index contributed by atoms with van der Waals surface area (Å²) in [5, 5.41) is 7.65. The fraction of sp³-hybridized carbons (Fsp3) is 0.353. The zero-order chi connectivity index (χ0) is 20.6. The molecule has 2 heterocycles. The maximum absolute atomic E-state index is 14.0. The number of carbonyl (C=O) groups excluding carboxylic acids is 2. The lowest BCUT2D eigenvalue weighted by Gasteiger charge is -2.28. The van der Waals surface area contributed by atoms with Crippen molar-refractivity contribution in [2.45, 2.75) is 26.4 Å². The van der Waals surface area contributed by atoms with Gasteiger partial charge in [-0.2, -0.15) is 13.2 Å². The first-order valence-corrected chi connectivity index (χ1v) is 8.30. The topological polar surface area (TPSA) is 78.7 Å². The molecule has 1 N–H and O–H groups in total. The number of alkyl halides is 3. The summed E-state index contributed by atoms with van der Waals surface area (Å²) >= 11 is 0. The zero-order valence-electron chi connectivity index (χ0n) is 14.9. The Hall–Kier alpha value is -3.11. The Labute approximate surface area is 156 Å². The van der Waals surface area contributed by atoms with Gasteiger partial charge in [-0.15, -0.1) is 0 Å². The van der Waals surface area contributed by atoms with Crippen LogP contribution in [0.5, 0.6) is 0 Å². The summed E-state index contributed by atoms with van der Waals surface area (Å²) in [6.45, 7) is 3.33. The molecule has 3 amide bonds. The molecule has 1 fully saturated rings. The Morgan fingerprint density at radius 1 is 1.18 bits per heavy atom. The molecule has 1 aliphatic heterocycles. The number of hydrazine groups is 1. The lowest BCUT2D eigenvalue weighted by atomic mass is 10.1. The highest BCUT2D eigenvalue weighted by Crippen LogP contribution is 2.36. The molecule has 0 bridgehead atoms. The molecule has 2 aromatic rings. The molecule has 0 unspecified atom stereocenters. The molecule has 1 aromatic heterocycles. The van der Waals surface area contributed by atoms with E-state index in [-0.39, 0.29) is 24.4 Å². The van der Waals surface area contributed by atoms with Crippen molar-refractivity contribution in [3.8, 4) is 0 Å². The van der Waals surface area contributed by atoms with Crippen LogP contribution in [0.25, 0.3) is 0 Å². The third-order valence-electron chi connectivity index (χ3n) is 4.30. The molecule has 0 atom stereocenters. The van der Waals surface area contributed by atoms with Crippen LogP contribution < -0.4 is 5.32 Å². The number of halogens is 4. The van der Waals surface area contributed by atoms with Crippen LogP contribution in [0, 0.1) is 19.7 Å². The number of anilines is 1. The second-order valence-corrected chi connectivity index (χ2v) is 6.19. The lowest BCUT2D eigenvalue weighted by molar-refractivity contribution is -0.137. The summed E-state index contributed by atoms with van der Waals surface area (Å²) in [5.41, 5.74) is -1.81. The molecule has 0 radical (unpaired) electrons. The van der Waals surface area contributed by atoms with Gasteiger partial charge in [-0.25, -0.2) is 19.2 Å². The summed E-state index contributed by atoms with van der Waals surface area (Å²) in [7, 11) is 0. The smallest absolute Gasteiger partial charge is 0.361 e. The first-order chi connectivity index (χ1) is 13.1. The molecule has 1 saturated heterocycles. The second-order valence-electron chi connectivity index (χ2n) is 6.19. The summed E-state index contributed by atoms with van der Waals surface area (Å²) in [6, 6.07) is 1.32. The molecule has 0 aliphatic carbocycles. The van der Waals surface area contributed by atoms with E-state index < -0.39 is 35.2 Å². The van der Waals surface area contributed by atoms with Crippen LogP contribution in [0.2, 0.25) is 0 Å². The van der Waals surface area contributed by atoms with Gasteiger partial charge in [0.05, 0.1) is 16.9 Å². The molecule has 28 heavy (non-hydrogen) atoms. The van der Waals surface area contributed by atoms with Crippen LogP contribution in [0.15, 0.2) is 22.7 Å². The Morgan fingerprint density at radius 3 is 2.46 bits per heavy atom. The van der Waals surface area contributed by atoms with Crippen molar-refractivity contribution < 1.29 is 31.7 Å². The quantitative estimate of drug-likeness (QED) is 0.779. The van der Waals surface area contributed by atoms with Crippen LogP contribution in [0.4, 0.5) is 28.0 Å². The Kier molecular flexibility index (Phi) is 5.01. The summed E-state index contributed by atoms with van der Waals surface area (Å²) < 4.78 is 58.3. The summed E-state index contributed by atoms with van der Waals surface area (Å²) in [5.74, 6) is -1.55. The highest BCUT2D eigenvalue weighted by Gasteiger charge is 2.38. The maximum atomic E-state index is 14.0. The predicted molar refractivity (Wildman–Crippen MR) is 88.8 cm³/mol. The summed E-state index contributed by atoms with van der Waals surface area (Å²) in [6.07, 6.45) is -4.45. The minimum atomic E-state index is -4.86. The minimum absolute atomic E-state index is 0.0801. The Balaban J connectivity index is 1.86. The van der Waals surface area contributed by atoms with E-state index in [1.165, 1.54) is 6.92 Å². The molecule has 150 valence electrons. The van der Waals surface area contributed by atoms with E-state index in [1.54, 1.807) is 6.92 Å². The third-order valence-corrected chi connectivity index (χ3v) is 4.30. The molecule has 1 aliphatic rings. The second kappa shape index (κ2) is 7.13. The number of carbonyl (C=O) groups is 2. The molecule has 0 spiro atoms. The van der Waals surface area contributed by atoms with Crippen LogP contribution in [-0.2, 0) is 6.18 Å². The Morgan fingerprint density at radius 2 is 1.86 bits per heavy atom. The number of para-hydroxylation sites is 1. The van der Waals surface area contributed by atoms with E-state index >= 15 is 0 Å². The van der Waals surface area contributed by atoms with E-state index in [1.807, 2.05) is 5.32 Å². The number of rotatable bonds is 2. The van der Waals surface area contributed by atoms with Gasteiger partial charge in [0.1, 0.15) is 17.1 Å². The van der Waals surface area contributed by atoms with Crippen molar-refractivity contribution in [3.63, 3.8) is 0 Å². The van der Waals surface area contributed by atoms with Gasteiger partial charge < -0.3 is 9.84 Å². The van der Waals surface area contributed by atoms with Crippen molar-refractivity contribution in [1.82, 2.24) is 15.2 Å². The monoisotopic (exact) mass is 400 g/mol. The van der Waals surface area contributed by atoms with Crippen LogP contribution in [0.3, 0.4) is 0 Å². The first-order valence-electron chi connectivity index (χ1n) is 8.30. The van der Waals surface area contributed by atoms with Crippen molar-refractivity contribution >= 4 is 17.6 Å². The van der Waals surface area contributed by atoms with Gasteiger partial charge in [0, 0.05) is 13.1 Å². The average Bonchev–Trinajstić information content (AvgIpc) is 3.22. The van der Waals surface area contributed by atoms with Crippen LogP contribution in [-0.4, -0.2) is 40.2 Å². The van der Waals surface area contributed by atoms with Crippen molar-refractivity contribution in [1.29, 1.82) is 0 Å². The number of aryl methyl sites for hydroxylation is 2. The highest BCUT2D eigenvalue weighted by atomic mass is 19.4. The minimum Gasteiger partial charge on any atom is -0.361 e. The molecular weight excluding hydrogens is 384 g/mol. The third kappa shape index (κ3) is 3.51. The number of nitrogens with zero attached hydrogens (tertiary/aromatic N) is 3. The summed E-state index contributed by atoms with van der Waals surface area (Å²) in [4.78, 5) is 25.3. The van der Waals surface area contributed by atoms with Gasteiger partial charge in [0.15, 0.2) is 0 Å². The van der Waals surface area contributed by atoms with E-state index in [4.69, 9.17) is 4.52 Å². The maximum Gasteiger partial charge on any atom is 0.418 e. The SMILES string of the molecule is Cc1noc(C)c1C(=O)N1CCCN1C(=O)Nc1c(F)cccc1C(F)(F)F. The van der Waals surface area contributed by atoms with Gasteiger partial charge in [-0.3, -0.25) is 4.79 Å². The van der Waals surface area contributed by atoms with E-state index in [0.717, 1.165) is 22.2 Å². The van der Waals surface area contributed by atoms with E-state index in [0.29, 0.717) is 18.2 Å². The van der Waals surface area contributed by atoms with Gasteiger partial charge in [-0.1, -0.05) is 11.2 Å². The average molecular weight is 400 g/mol. The lowest BCUT2D eigenvalue weighted by Crippen LogP contribution is -2.47.